The third-order valence-corrected chi connectivity index (χ3v) is 6.03. The molecule has 2 aromatic heterocycles. The molecule has 2 heterocycles. The van der Waals surface area contributed by atoms with Crippen molar-refractivity contribution in [1.29, 1.82) is 0 Å². The lowest BCUT2D eigenvalue weighted by molar-refractivity contribution is -0.659. The number of hydrogen-bond acceptors (Lipinski definition) is 1. The Morgan fingerprint density at radius 3 is 2.47 bits per heavy atom. The summed E-state index contributed by atoms with van der Waals surface area (Å²) in [6, 6.07) is 18.9. The summed E-state index contributed by atoms with van der Waals surface area (Å²) in [7, 11) is 2.09. The van der Waals surface area contributed by atoms with Gasteiger partial charge in [0.1, 0.15) is 18.2 Å². The third-order valence-electron chi connectivity index (χ3n) is 6.03. The topological polar surface area (TPSA) is 21.4 Å². The number of benzene rings is 3. The van der Waals surface area contributed by atoms with Crippen molar-refractivity contribution in [3.05, 3.63) is 83.3 Å². The lowest BCUT2D eigenvalue weighted by Crippen LogP contribution is -2.30. The number of pyridine rings is 1. The quantitative estimate of drug-likeness (QED) is 0.230. The van der Waals surface area contributed by atoms with Gasteiger partial charge in [-0.25, -0.2) is 9.41 Å². The Morgan fingerprint density at radius 1 is 0.933 bits per heavy atom. The summed E-state index contributed by atoms with van der Waals surface area (Å²) < 4.78 is 8.55. The molecule has 0 amide bonds. The van der Waals surface area contributed by atoms with Crippen LogP contribution in [0.3, 0.4) is 0 Å². The molecule has 0 unspecified atom stereocenters. The number of nitrogens with zero attached hydrogens (tertiary/aromatic N) is 2. The van der Waals surface area contributed by atoms with Crippen LogP contribution < -0.4 is 4.57 Å². The van der Waals surface area contributed by atoms with Gasteiger partial charge in [0, 0.05) is 16.8 Å². The molecule has 0 saturated carbocycles. The second-order valence-corrected chi connectivity index (χ2v) is 8.31. The number of aryl methyl sites for hydroxylation is 2. The molecule has 0 N–H and O–H groups in total. The van der Waals surface area contributed by atoms with Crippen molar-refractivity contribution in [3.8, 4) is 11.3 Å². The van der Waals surface area contributed by atoms with Gasteiger partial charge >= 0.3 is 0 Å². The average Bonchev–Trinajstić information content (AvgIpc) is 3.11. The molecule has 0 atom stereocenters. The van der Waals surface area contributed by atoms with E-state index in [1.54, 1.807) is 0 Å². The van der Waals surface area contributed by atoms with Gasteiger partial charge in [-0.2, -0.15) is 0 Å². The predicted molar refractivity (Wildman–Crippen MR) is 123 cm³/mol. The van der Waals surface area contributed by atoms with Crippen LogP contribution in [0.2, 0.25) is 0 Å². The van der Waals surface area contributed by atoms with E-state index in [-0.39, 0.29) is 0 Å². The molecule has 3 nitrogen and oxygen atoms in total. The minimum Gasteiger partial charge on any atom is -0.456 e. The maximum Gasteiger partial charge on any atom is 0.224 e. The molecule has 0 aliphatic heterocycles. The Hall–Kier alpha value is -3.64. The van der Waals surface area contributed by atoms with Gasteiger partial charge in [0.25, 0.3) is 0 Å². The molecule has 3 heteroatoms. The molecule has 5 aromatic rings. The molecule has 30 heavy (non-hydrogen) atoms. The fourth-order valence-corrected chi connectivity index (χ4v) is 4.35. The predicted octanol–water partition coefficient (Wildman–Crippen LogP) is 7.21. The van der Waals surface area contributed by atoms with Crippen molar-refractivity contribution in [2.45, 2.75) is 26.7 Å². The van der Waals surface area contributed by atoms with Crippen molar-refractivity contribution in [2.24, 2.45) is 7.05 Å². The van der Waals surface area contributed by atoms with Crippen LogP contribution in [0.1, 0.15) is 30.9 Å². The van der Waals surface area contributed by atoms with Gasteiger partial charge in [0.15, 0.2) is 11.9 Å². The van der Waals surface area contributed by atoms with Crippen LogP contribution in [-0.2, 0) is 7.05 Å². The van der Waals surface area contributed by atoms with E-state index in [4.69, 9.17) is 11.0 Å². The number of rotatable bonds is 2. The van der Waals surface area contributed by atoms with Crippen molar-refractivity contribution in [1.82, 2.24) is 0 Å². The summed E-state index contributed by atoms with van der Waals surface area (Å²) in [6.45, 7) is 13.9. The molecule has 0 radical (unpaired) electrons. The zero-order valence-corrected chi connectivity index (χ0v) is 17.7. The van der Waals surface area contributed by atoms with Crippen LogP contribution in [-0.4, -0.2) is 0 Å². The fourth-order valence-electron chi connectivity index (χ4n) is 4.35. The molecule has 0 aliphatic carbocycles. The first kappa shape index (κ1) is 18.4. The normalized spacial score (nSPS) is 11.6. The highest BCUT2D eigenvalue weighted by Gasteiger charge is 2.23. The first-order chi connectivity index (χ1) is 14.5. The fraction of sp³-hybridized carbons (Fsp3) is 0.185. The molecular weight excluding hydrogens is 368 g/mol. The molecule has 0 aliphatic rings. The van der Waals surface area contributed by atoms with Crippen molar-refractivity contribution in [2.75, 3.05) is 0 Å². The Balaban J connectivity index is 1.89. The average molecular weight is 391 g/mol. The molecule has 5 rings (SSSR count). The summed E-state index contributed by atoms with van der Waals surface area (Å²) in [5.74, 6) is 0.490. The van der Waals surface area contributed by atoms with Gasteiger partial charge in [-0.3, -0.25) is 0 Å². The van der Waals surface area contributed by atoms with Crippen molar-refractivity contribution >= 4 is 38.4 Å². The molecule has 0 spiro atoms. The Morgan fingerprint density at radius 2 is 1.70 bits per heavy atom. The van der Waals surface area contributed by atoms with Crippen molar-refractivity contribution < 1.29 is 8.98 Å². The van der Waals surface area contributed by atoms with E-state index in [9.17, 15) is 0 Å². The van der Waals surface area contributed by atoms with Gasteiger partial charge in [-0.15, -0.1) is 0 Å². The highest BCUT2D eigenvalue weighted by molar-refractivity contribution is 6.12. The van der Waals surface area contributed by atoms with E-state index in [0.717, 1.165) is 33.2 Å². The highest BCUT2D eigenvalue weighted by atomic mass is 16.3. The maximum atomic E-state index is 7.31. The van der Waals surface area contributed by atoms with Crippen LogP contribution in [0.5, 0.6) is 0 Å². The van der Waals surface area contributed by atoms with Crippen molar-refractivity contribution in [3.63, 3.8) is 0 Å². The zero-order chi connectivity index (χ0) is 21.0. The number of fused-ring (bicyclic) bond motifs is 4. The first-order valence-corrected chi connectivity index (χ1v) is 10.2. The summed E-state index contributed by atoms with van der Waals surface area (Å²) in [6.07, 6.45) is 2.12. The summed E-state index contributed by atoms with van der Waals surface area (Å²) in [5, 5.41) is 4.57. The van der Waals surface area contributed by atoms with E-state index in [1.165, 1.54) is 21.9 Å². The highest BCUT2D eigenvalue weighted by Crippen LogP contribution is 2.40. The van der Waals surface area contributed by atoms with E-state index in [0.29, 0.717) is 11.6 Å². The van der Waals surface area contributed by atoms with E-state index in [1.807, 2.05) is 18.2 Å². The summed E-state index contributed by atoms with van der Waals surface area (Å²) in [5.41, 5.74) is 7.00. The monoisotopic (exact) mass is 391 g/mol. The van der Waals surface area contributed by atoms with Crippen LogP contribution in [0.4, 0.5) is 5.69 Å². The number of furan rings is 1. The summed E-state index contributed by atoms with van der Waals surface area (Å²) in [4.78, 5) is 3.55. The summed E-state index contributed by atoms with van der Waals surface area (Å²) >= 11 is 0. The second kappa shape index (κ2) is 6.71. The van der Waals surface area contributed by atoms with Gasteiger partial charge in [-0.05, 0) is 41.5 Å². The number of aromatic nitrogens is 1. The van der Waals surface area contributed by atoms with Gasteiger partial charge < -0.3 is 4.42 Å². The van der Waals surface area contributed by atoms with Crippen LogP contribution in [0.15, 0.2) is 65.2 Å². The smallest absolute Gasteiger partial charge is 0.224 e. The van der Waals surface area contributed by atoms with Crippen LogP contribution >= 0.6 is 0 Å². The molecule has 0 fully saturated rings. The standard InChI is InChI=1S/C27H23N2O/c1-16(2)18-7-10-21-19(14-18)12-13-29(5)26(21)25-17(3)6-9-23-22-11-8-20(28-4)15-24(22)30-27(23)25/h6-16H,1-3,5H3/q+1. The van der Waals surface area contributed by atoms with Crippen LogP contribution in [0, 0.1) is 13.5 Å². The minimum atomic E-state index is 0.490. The molecule has 0 saturated heterocycles. The van der Waals surface area contributed by atoms with Gasteiger partial charge in [-0.1, -0.05) is 50.2 Å². The molecule has 0 bridgehead atoms. The SMILES string of the molecule is [C-]#[N+]c1ccc2c(c1)oc1c(-c3c4ccc(C(C)C)cc4cc[n+]3C)c(C)ccc12. The third kappa shape index (κ3) is 2.69. The molecule has 3 aromatic carbocycles. The number of hydrogen-bond donors (Lipinski definition) is 0. The van der Waals surface area contributed by atoms with Gasteiger partial charge in [0.05, 0.1) is 17.5 Å². The molecular formula is C27H23N2O+. The van der Waals surface area contributed by atoms with Gasteiger partial charge in [0.2, 0.25) is 5.69 Å². The second-order valence-electron chi connectivity index (χ2n) is 8.31. The van der Waals surface area contributed by atoms with E-state index >= 15 is 0 Å². The minimum absolute atomic E-state index is 0.490. The Kier molecular flexibility index (Phi) is 4.11. The maximum absolute atomic E-state index is 7.31. The van der Waals surface area contributed by atoms with Crippen LogP contribution in [0.25, 0.3) is 48.8 Å². The Bertz CT molecular complexity index is 1500. The lowest BCUT2D eigenvalue weighted by Gasteiger charge is -2.11. The van der Waals surface area contributed by atoms with E-state index in [2.05, 4.69) is 79.8 Å². The lowest BCUT2D eigenvalue weighted by atomic mass is 9.94. The van der Waals surface area contributed by atoms with E-state index < -0.39 is 0 Å². The molecule has 146 valence electrons. The first-order valence-electron chi connectivity index (χ1n) is 10.2. The largest absolute Gasteiger partial charge is 0.456 e. The Labute approximate surface area is 176 Å². The zero-order valence-electron chi connectivity index (χ0n) is 17.7.